The minimum absolute atomic E-state index is 0.420. The van der Waals surface area contributed by atoms with E-state index in [9.17, 15) is 0 Å². The molecule has 0 radical (unpaired) electrons. The molecule has 3 fully saturated rings. The Bertz CT molecular complexity index is 724. The van der Waals surface area contributed by atoms with Crippen LogP contribution < -0.4 is 0 Å². The third-order valence-corrected chi connectivity index (χ3v) is 12.6. The molecule has 1 saturated heterocycles. The lowest BCUT2D eigenvalue weighted by Crippen LogP contribution is -2.44. The Morgan fingerprint density at radius 2 is 0.771 bits per heavy atom. The molecule has 0 amide bonds. The number of hydrogen-bond donors (Lipinski definition) is 0. The molecule has 1 aliphatic heterocycles. The molecule has 0 atom stereocenters. The van der Waals surface area contributed by atoms with Crippen LogP contribution in [0.2, 0.25) is 25.7 Å². The molecular weight excluding hydrogens is 595 g/mol. The Labute approximate surface area is 310 Å². The van der Waals surface area contributed by atoms with Crippen LogP contribution >= 0.6 is 0 Å². The molecule has 3 rings (SSSR count). The second kappa shape index (κ2) is 22.3. The molecule has 294 valence electrons. The van der Waals surface area contributed by atoms with E-state index in [0.29, 0.717) is 32.7 Å². The molecule has 1 nitrogen and oxygen atoms in total. The number of rotatable bonds is 7. The van der Waals surface area contributed by atoms with Crippen molar-refractivity contribution in [3.8, 4) is 0 Å². The van der Waals surface area contributed by atoms with Crippen LogP contribution in [0.25, 0.3) is 0 Å². The Morgan fingerprint density at radius 3 is 0.875 bits per heavy atom. The average Bonchev–Trinajstić information content (AvgIpc) is 3.47. The molecule has 48 heavy (non-hydrogen) atoms. The molecular formula is C46H101NSi. The highest BCUT2D eigenvalue weighted by molar-refractivity contribution is 6.76. The van der Waals surface area contributed by atoms with Crippen molar-refractivity contribution in [2.45, 2.75) is 265 Å². The highest BCUT2D eigenvalue weighted by Crippen LogP contribution is 2.48. The molecule has 3 aliphatic rings. The maximum Gasteiger partial charge on any atom is 0.0442 e. The van der Waals surface area contributed by atoms with E-state index < -0.39 is 8.07 Å². The van der Waals surface area contributed by atoms with Crippen LogP contribution in [0.4, 0.5) is 0 Å². The van der Waals surface area contributed by atoms with E-state index in [0.717, 1.165) is 5.41 Å². The zero-order valence-electron chi connectivity index (χ0n) is 38.8. The van der Waals surface area contributed by atoms with Crippen LogP contribution in [0.5, 0.6) is 0 Å². The van der Waals surface area contributed by atoms with Gasteiger partial charge in [-0.2, -0.15) is 0 Å². The lowest BCUT2D eigenvalue weighted by molar-refractivity contribution is 0.115. The van der Waals surface area contributed by atoms with E-state index in [2.05, 4.69) is 163 Å². The van der Waals surface area contributed by atoms with Crippen molar-refractivity contribution in [1.29, 1.82) is 0 Å². The molecule has 0 unspecified atom stereocenters. The largest absolute Gasteiger partial charge is 0.296 e. The topological polar surface area (TPSA) is 3.24 Å². The molecule has 2 aliphatic carbocycles. The van der Waals surface area contributed by atoms with Gasteiger partial charge in [0.2, 0.25) is 0 Å². The molecule has 2 saturated carbocycles. The summed E-state index contributed by atoms with van der Waals surface area (Å²) < 4.78 is 0. The van der Waals surface area contributed by atoms with Crippen molar-refractivity contribution < 1.29 is 0 Å². The molecule has 0 aromatic heterocycles. The van der Waals surface area contributed by atoms with E-state index in [1.165, 1.54) is 102 Å². The summed E-state index contributed by atoms with van der Waals surface area (Å²) in [6.07, 6.45) is 20.8. The van der Waals surface area contributed by atoms with E-state index in [1.54, 1.807) is 0 Å². The summed E-state index contributed by atoms with van der Waals surface area (Å²) in [5, 5.41) is 0. The van der Waals surface area contributed by atoms with Gasteiger partial charge in [0.05, 0.1) is 0 Å². The van der Waals surface area contributed by atoms with Crippen molar-refractivity contribution in [2.24, 2.45) is 27.1 Å². The highest BCUT2D eigenvalue weighted by atomic mass is 28.3. The first-order valence-corrected chi connectivity index (χ1v) is 24.6. The third kappa shape index (κ3) is 34.6. The van der Waals surface area contributed by atoms with Gasteiger partial charge in [0.1, 0.15) is 0 Å². The molecule has 1 heterocycles. The van der Waals surface area contributed by atoms with Crippen LogP contribution in [0, 0.1) is 27.1 Å². The first kappa shape index (κ1) is 52.5. The maximum atomic E-state index is 2.49. The Hall–Kier alpha value is 0.177. The van der Waals surface area contributed by atoms with Crippen LogP contribution in [0.1, 0.15) is 228 Å². The van der Waals surface area contributed by atoms with Crippen molar-refractivity contribution in [3.05, 3.63) is 0 Å². The third-order valence-electron chi connectivity index (χ3n) is 10.7. The fourth-order valence-corrected chi connectivity index (χ4v) is 7.54. The lowest BCUT2D eigenvalue weighted by atomic mass is 9.81. The van der Waals surface area contributed by atoms with Crippen LogP contribution in [-0.4, -0.2) is 31.1 Å². The summed E-state index contributed by atoms with van der Waals surface area (Å²) in [6, 6.07) is 1.50. The highest BCUT2D eigenvalue weighted by Gasteiger charge is 2.41. The Kier molecular flexibility index (Phi) is 24.4. The second-order valence-electron chi connectivity index (χ2n) is 23.3. The predicted molar refractivity (Wildman–Crippen MR) is 231 cm³/mol. The molecule has 0 spiro atoms. The lowest BCUT2D eigenvalue weighted by Gasteiger charge is -2.36. The second-order valence-corrected chi connectivity index (χ2v) is 29.0. The quantitative estimate of drug-likeness (QED) is 0.189. The standard InChI is InChI=1S/C10H22.C9H19N.C9H18.C7H18Si.C6H14.C5H10/c1-9(2,3)7-8-10(4,5)6;1-8(2)6-7-9(3,4)10(8)5;1-8(2)5-6-9(3,4)7-8;1-5-6-7-8(2,3)4;1-3-5-6-4-2;1-5(2)3-4-5/h7-8H2,1-6H3;6-7H2,1-5H3;5-7H2,1-4H3;5-7H2,1-4H3;3-6H2,1-2H3;3-4H2,1-2H3. The summed E-state index contributed by atoms with van der Waals surface area (Å²) in [5.41, 5.74) is 3.86. The van der Waals surface area contributed by atoms with Crippen LogP contribution in [-0.2, 0) is 0 Å². The predicted octanol–water partition coefficient (Wildman–Crippen LogP) is 16.9. The number of hydrogen-bond acceptors (Lipinski definition) is 1. The number of likely N-dealkylation sites (tertiary alicyclic amines) is 1. The molecule has 2 heteroatoms. The summed E-state index contributed by atoms with van der Waals surface area (Å²) in [4.78, 5) is 2.49. The van der Waals surface area contributed by atoms with Gasteiger partial charge in [-0.15, -0.1) is 0 Å². The van der Waals surface area contributed by atoms with Gasteiger partial charge < -0.3 is 0 Å². The molecule has 0 aromatic rings. The van der Waals surface area contributed by atoms with Gasteiger partial charge in [-0.3, -0.25) is 4.90 Å². The van der Waals surface area contributed by atoms with Crippen molar-refractivity contribution in [1.82, 2.24) is 4.90 Å². The van der Waals surface area contributed by atoms with E-state index in [4.69, 9.17) is 0 Å². The van der Waals surface area contributed by atoms with Crippen molar-refractivity contribution >= 4 is 8.07 Å². The molecule has 0 bridgehead atoms. The minimum Gasteiger partial charge on any atom is -0.296 e. The van der Waals surface area contributed by atoms with Crippen LogP contribution in [0.3, 0.4) is 0 Å². The zero-order chi connectivity index (χ0) is 38.9. The van der Waals surface area contributed by atoms with Gasteiger partial charge >= 0.3 is 0 Å². The number of unbranched alkanes of at least 4 members (excludes halogenated alkanes) is 4. The fourth-order valence-electron chi connectivity index (χ4n) is 6.12. The monoisotopic (exact) mass is 696 g/mol. The SMILES string of the molecule is CC(C)(C)CCC(C)(C)C.CC1(C)CC1.CC1(C)CCC(C)(C)C1.CCCCCC.CCCC[Si](C)(C)C.CN1C(C)(C)CCC1(C)C. The maximum absolute atomic E-state index is 2.49. The van der Waals surface area contributed by atoms with Gasteiger partial charge in [-0.1, -0.05) is 168 Å². The van der Waals surface area contributed by atoms with Gasteiger partial charge in [-0.05, 0) is 120 Å². The van der Waals surface area contributed by atoms with E-state index in [1.807, 2.05) is 0 Å². The first-order valence-electron chi connectivity index (χ1n) is 20.9. The smallest absolute Gasteiger partial charge is 0.0442 e. The Morgan fingerprint density at radius 1 is 0.479 bits per heavy atom. The average molecular weight is 696 g/mol. The normalized spacial score (nSPS) is 21.3. The minimum atomic E-state index is -0.678. The zero-order valence-corrected chi connectivity index (χ0v) is 39.8. The molecule has 0 N–H and O–H groups in total. The van der Waals surface area contributed by atoms with Crippen molar-refractivity contribution in [2.75, 3.05) is 7.05 Å². The Balaban J connectivity index is -0.000000513. The summed E-state index contributed by atoms with van der Waals surface area (Å²) >= 11 is 0. The van der Waals surface area contributed by atoms with Gasteiger partial charge in [0, 0.05) is 19.2 Å². The summed E-state index contributed by atoms with van der Waals surface area (Å²) in [7, 11) is 1.55. The van der Waals surface area contributed by atoms with Crippen LogP contribution in [0.15, 0.2) is 0 Å². The molecule has 0 aromatic carbocycles. The van der Waals surface area contributed by atoms with Gasteiger partial charge in [-0.25, -0.2) is 0 Å². The van der Waals surface area contributed by atoms with Gasteiger partial charge in [0.15, 0.2) is 0 Å². The van der Waals surface area contributed by atoms with Gasteiger partial charge in [0.25, 0.3) is 0 Å². The van der Waals surface area contributed by atoms with E-state index in [-0.39, 0.29) is 0 Å². The summed E-state index contributed by atoms with van der Waals surface area (Å²) in [5.74, 6) is 0. The fraction of sp³-hybridized carbons (Fsp3) is 1.00. The van der Waals surface area contributed by atoms with E-state index >= 15 is 0 Å². The van der Waals surface area contributed by atoms with Crippen molar-refractivity contribution in [3.63, 3.8) is 0 Å². The summed E-state index contributed by atoms with van der Waals surface area (Å²) in [6.45, 7) is 51.2. The number of nitrogens with zero attached hydrogens (tertiary/aromatic N) is 1. The first-order chi connectivity index (χ1) is 21.2.